The highest BCUT2D eigenvalue weighted by Gasteiger charge is 2.41. The van der Waals surface area contributed by atoms with Crippen molar-refractivity contribution in [3.63, 3.8) is 0 Å². The molecule has 3 nitrogen and oxygen atoms in total. The first-order valence-electron chi connectivity index (χ1n) is 4.78. The van der Waals surface area contributed by atoms with Crippen molar-refractivity contribution in [2.75, 3.05) is 5.32 Å². The summed E-state index contributed by atoms with van der Waals surface area (Å²) in [7, 11) is 0. The molecule has 1 amide bonds. The molecule has 3 N–H and O–H groups in total. The van der Waals surface area contributed by atoms with Crippen LogP contribution in [0.15, 0.2) is 24.3 Å². The molecule has 0 aromatic heterocycles. The lowest BCUT2D eigenvalue weighted by Crippen LogP contribution is -2.21. The largest absolute Gasteiger partial charge is 0.326 e. The molecule has 1 aliphatic rings. The van der Waals surface area contributed by atoms with Gasteiger partial charge in [-0.15, -0.1) is 0 Å². The maximum atomic E-state index is 11.0. The van der Waals surface area contributed by atoms with Gasteiger partial charge in [-0.2, -0.15) is 0 Å². The smallest absolute Gasteiger partial charge is 0.221 e. The van der Waals surface area contributed by atoms with E-state index < -0.39 is 0 Å². The molecule has 74 valence electrons. The Balaban J connectivity index is 2.34. The van der Waals surface area contributed by atoms with Gasteiger partial charge >= 0.3 is 0 Å². The number of nitrogens with two attached hydrogens (primary N) is 1. The Labute approximate surface area is 83.3 Å². The molecule has 1 saturated carbocycles. The molecule has 1 fully saturated rings. The number of carbonyl (C=O) groups is 1. The highest BCUT2D eigenvalue weighted by Crippen LogP contribution is 2.45. The lowest BCUT2D eigenvalue weighted by atomic mass is 10.0. The molecule has 0 aliphatic heterocycles. The summed E-state index contributed by atoms with van der Waals surface area (Å²) in [4.78, 5) is 11.0. The molecule has 3 heteroatoms. The fraction of sp³-hybridized carbons (Fsp3) is 0.364. The third-order valence-corrected chi connectivity index (χ3v) is 2.56. The van der Waals surface area contributed by atoms with Crippen molar-refractivity contribution in [2.24, 2.45) is 5.73 Å². The second-order valence-corrected chi connectivity index (χ2v) is 3.88. The zero-order valence-corrected chi connectivity index (χ0v) is 8.21. The Morgan fingerprint density at radius 3 is 2.64 bits per heavy atom. The minimum atomic E-state index is -0.195. The van der Waals surface area contributed by atoms with Gasteiger partial charge in [-0.1, -0.05) is 18.2 Å². The molecule has 0 unspecified atom stereocenters. The minimum Gasteiger partial charge on any atom is -0.326 e. The molecule has 0 bridgehead atoms. The van der Waals surface area contributed by atoms with Gasteiger partial charge in [-0.3, -0.25) is 4.79 Å². The van der Waals surface area contributed by atoms with Crippen molar-refractivity contribution in [3.8, 4) is 0 Å². The second kappa shape index (κ2) is 3.10. The van der Waals surface area contributed by atoms with Gasteiger partial charge in [0.05, 0.1) is 0 Å². The molecule has 0 heterocycles. The topological polar surface area (TPSA) is 55.1 Å². The zero-order chi connectivity index (χ0) is 10.2. The summed E-state index contributed by atoms with van der Waals surface area (Å²) >= 11 is 0. The van der Waals surface area contributed by atoms with Gasteiger partial charge in [0.1, 0.15) is 0 Å². The zero-order valence-electron chi connectivity index (χ0n) is 8.21. The number of para-hydroxylation sites is 1. The first kappa shape index (κ1) is 9.21. The van der Waals surface area contributed by atoms with Crippen molar-refractivity contribution in [3.05, 3.63) is 29.8 Å². The van der Waals surface area contributed by atoms with E-state index in [1.165, 1.54) is 6.92 Å². The Bertz CT molecular complexity index is 369. The third kappa shape index (κ3) is 1.63. The third-order valence-electron chi connectivity index (χ3n) is 2.56. The average molecular weight is 190 g/mol. The summed E-state index contributed by atoms with van der Waals surface area (Å²) in [6, 6.07) is 7.73. The van der Waals surface area contributed by atoms with E-state index in [1.54, 1.807) is 0 Å². The monoisotopic (exact) mass is 190 g/mol. The predicted molar refractivity (Wildman–Crippen MR) is 55.8 cm³/mol. The van der Waals surface area contributed by atoms with Crippen LogP contribution in [0.1, 0.15) is 25.3 Å². The number of benzene rings is 1. The van der Waals surface area contributed by atoms with E-state index in [1.807, 2.05) is 24.3 Å². The number of hydrogen-bond acceptors (Lipinski definition) is 2. The minimum absolute atomic E-state index is 0.0540. The van der Waals surface area contributed by atoms with Gasteiger partial charge in [-0.05, 0) is 24.5 Å². The van der Waals surface area contributed by atoms with Crippen LogP contribution in [0.4, 0.5) is 5.69 Å². The van der Waals surface area contributed by atoms with Crippen LogP contribution >= 0.6 is 0 Å². The highest BCUT2D eigenvalue weighted by molar-refractivity contribution is 5.89. The summed E-state index contributed by atoms with van der Waals surface area (Å²) in [5.41, 5.74) is 7.80. The van der Waals surface area contributed by atoms with Crippen molar-refractivity contribution >= 4 is 11.6 Å². The predicted octanol–water partition coefficient (Wildman–Crippen LogP) is 1.59. The molecule has 14 heavy (non-hydrogen) atoms. The van der Waals surface area contributed by atoms with E-state index in [0.29, 0.717) is 0 Å². The van der Waals surface area contributed by atoms with Crippen molar-refractivity contribution < 1.29 is 4.79 Å². The normalized spacial score (nSPS) is 17.6. The van der Waals surface area contributed by atoms with E-state index in [4.69, 9.17) is 5.73 Å². The van der Waals surface area contributed by atoms with E-state index in [-0.39, 0.29) is 11.4 Å². The fourth-order valence-corrected chi connectivity index (χ4v) is 1.62. The van der Waals surface area contributed by atoms with Crippen molar-refractivity contribution in [2.45, 2.75) is 25.3 Å². The van der Waals surface area contributed by atoms with Crippen LogP contribution in [0, 0.1) is 0 Å². The van der Waals surface area contributed by atoms with Crippen LogP contribution in [0.5, 0.6) is 0 Å². The van der Waals surface area contributed by atoms with Crippen LogP contribution < -0.4 is 11.1 Å². The van der Waals surface area contributed by atoms with Gasteiger partial charge < -0.3 is 11.1 Å². The van der Waals surface area contributed by atoms with Crippen LogP contribution in [0.3, 0.4) is 0 Å². The Hall–Kier alpha value is -1.35. The SMILES string of the molecule is CC(=O)Nc1ccccc1C1(N)CC1. The van der Waals surface area contributed by atoms with E-state index in [0.717, 1.165) is 24.1 Å². The Morgan fingerprint density at radius 2 is 2.07 bits per heavy atom. The Kier molecular flexibility index (Phi) is 2.04. The van der Waals surface area contributed by atoms with Gasteiger partial charge in [-0.25, -0.2) is 0 Å². The number of anilines is 1. The van der Waals surface area contributed by atoms with E-state index >= 15 is 0 Å². The quantitative estimate of drug-likeness (QED) is 0.744. The number of amides is 1. The van der Waals surface area contributed by atoms with Gasteiger partial charge in [0.25, 0.3) is 0 Å². The summed E-state index contributed by atoms with van der Waals surface area (Å²) in [5, 5.41) is 2.80. The number of rotatable bonds is 2. The molecule has 0 saturated heterocycles. The first-order chi connectivity index (χ1) is 6.62. The standard InChI is InChI=1S/C11H14N2O/c1-8(14)13-10-5-3-2-4-9(10)11(12)6-7-11/h2-5H,6-7,12H2,1H3,(H,13,14). The Morgan fingerprint density at radius 1 is 1.43 bits per heavy atom. The lowest BCUT2D eigenvalue weighted by Gasteiger charge is -2.14. The molecule has 1 aromatic carbocycles. The second-order valence-electron chi connectivity index (χ2n) is 3.88. The summed E-state index contributed by atoms with van der Waals surface area (Å²) < 4.78 is 0. The molecule has 0 spiro atoms. The van der Waals surface area contributed by atoms with Crippen LogP contribution in [0.25, 0.3) is 0 Å². The van der Waals surface area contributed by atoms with E-state index in [9.17, 15) is 4.79 Å². The van der Waals surface area contributed by atoms with Crippen molar-refractivity contribution in [1.29, 1.82) is 0 Å². The molecular weight excluding hydrogens is 176 g/mol. The average Bonchev–Trinajstić information content (AvgIpc) is 2.84. The molecule has 1 aliphatic carbocycles. The van der Waals surface area contributed by atoms with Gasteiger partial charge in [0.2, 0.25) is 5.91 Å². The number of hydrogen-bond donors (Lipinski definition) is 2. The van der Waals surface area contributed by atoms with Crippen LogP contribution in [-0.4, -0.2) is 5.91 Å². The maximum Gasteiger partial charge on any atom is 0.221 e. The maximum absolute atomic E-state index is 11.0. The first-order valence-corrected chi connectivity index (χ1v) is 4.78. The summed E-state index contributed by atoms with van der Waals surface area (Å²) in [5.74, 6) is -0.0540. The molecule has 0 radical (unpaired) electrons. The lowest BCUT2D eigenvalue weighted by molar-refractivity contribution is -0.114. The van der Waals surface area contributed by atoms with Crippen molar-refractivity contribution in [1.82, 2.24) is 0 Å². The fourth-order valence-electron chi connectivity index (χ4n) is 1.62. The number of carbonyl (C=O) groups excluding carboxylic acids is 1. The van der Waals surface area contributed by atoms with Gasteiger partial charge in [0.15, 0.2) is 0 Å². The highest BCUT2D eigenvalue weighted by atomic mass is 16.1. The van der Waals surface area contributed by atoms with E-state index in [2.05, 4.69) is 5.32 Å². The molecule has 0 atom stereocenters. The molecule has 1 aromatic rings. The van der Waals surface area contributed by atoms with Gasteiger partial charge in [0, 0.05) is 18.2 Å². The van der Waals surface area contributed by atoms with Crippen LogP contribution in [-0.2, 0) is 10.3 Å². The number of nitrogens with one attached hydrogen (secondary N) is 1. The summed E-state index contributed by atoms with van der Waals surface area (Å²) in [6.45, 7) is 1.51. The van der Waals surface area contributed by atoms with Crippen LogP contribution in [0.2, 0.25) is 0 Å². The molecular formula is C11H14N2O. The molecule has 2 rings (SSSR count). The summed E-state index contributed by atoms with van der Waals surface area (Å²) in [6.07, 6.45) is 2.01.